The fourth-order valence-electron chi connectivity index (χ4n) is 4.27. The minimum Gasteiger partial charge on any atom is -0.497 e. The number of carbonyl (C=O) groups excluding carboxylic acids is 1. The molecular weight excluding hydrogens is 440 g/mol. The van der Waals surface area contributed by atoms with Crippen LogP contribution in [-0.4, -0.2) is 39.8 Å². The largest absolute Gasteiger partial charge is 0.497 e. The first-order valence-electron chi connectivity index (χ1n) is 10.7. The number of rotatable bonds is 6. The number of nitrogens with one attached hydrogen (secondary N) is 1. The zero-order valence-corrected chi connectivity index (χ0v) is 20.0. The Balaban J connectivity index is 1.64. The fraction of sp³-hybridized carbons (Fsp3) is 0.320. The van der Waals surface area contributed by atoms with Gasteiger partial charge in [0, 0.05) is 17.4 Å². The number of ether oxygens (including phenoxy) is 2. The van der Waals surface area contributed by atoms with E-state index < -0.39 is 21.5 Å². The summed E-state index contributed by atoms with van der Waals surface area (Å²) in [4.78, 5) is 13.2. The van der Waals surface area contributed by atoms with Gasteiger partial charge in [-0.2, -0.15) is 0 Å². The summed E-state index contributed by atoms with van der Waals surface area (Å²) in [6, 6.07) is 18.0. The van der Waals surface area contributed by atoms with Crippen LogP contribution in [0.4, 0.5) is 5.69 Å². The molecule has 0 aliphatic carbocycles. The summed E-state index contributed by atoms with van der Waals surface area (Å²) >= 11 is 0. The SMILES string of the molecule is COc1ccc2c(c1)C(NC(=O)CN(c1cccc3ccccc13)S(C)(=O)=O)CC(C)(C)O2. The van der Waals surface area contributed by atoms with Gasteiger partial charge in [-0.1, -0.05) is 36.4 Å². The molecule has 1 unspecified atom stereocenters. The number of hydrogen-bond donors (Lipinski definition) is 1. The first-order valence-corrected chi connectivity index (χ1v) is 12.5. The van der Waals surface area contributed by atoms with Crippen molar-refractivity contribution >= 4 is 32.4 Å². The van der Waals surface area contributed by atoms with Crippen LogP contribution in [-0.2, 0) is 14.8 Å². The van der Waals surface area contributed by atoms with E-state index in [1.165, 1.54) is 0 Å². The third-order valence-electron chi connectivity index (χ3n) is 5.73. The van der Waals surface area contributed by atoms with Crippen LogP contribution in [0, 0.1) is 0 Å². The van der Waals surface area contributed by atoms with Crippen molar-refractivity contribution in [3.8, 4) is 11.5 Å². The summed E-state index contributed by atoms with van der Waals surface area (Å²) in [6.07, 6.45) is 1.64. The quantitative estimate of drug-likeness (QED) is 0.590. The van der Waals surface area contributed by atoms with Gasteiger partial charge in [0.1, 0.15) is 23.6 Å². The highest BCUT2D eigenvalue weighted by Crippen LogP contribution is 2.41. The van der Waals surface area contributed by atoms with Crippen LogP contribution in [0.3, 0.4) is 0 Å². The van der Waals surface area contributed by atoms with E-state index in [1.807, 2.05) is 62.4 Å². The lowest BCUT2D eigenvalue weighted by atomic mass is 9.89. The molecule has 0 radical (unpaired) electrons. The summed E-state index contributed by atoms with van der Waals surface area (Å²) in [5.74, 6) is 0.932. The Morgan fingerprint density at radius 2 is 1.88 bits per heavy atom. The molecule has 0 fully saturated rings. The van der Waals surface area contributed by atoms with Crippen LogP contribution >= 0.6 is 0 Å². The maximum Gasteiger partial charge on any atom is 0.241 e. The maximum atomic E-state index is 13.2. The molecule has 1 N–H and O–H groups in total. The van der Waals surface area contributed by atoms with Gasteiger partial charge in [-0.3, -0.25) is 9.10 Å². The summed E-state index contributed by atoms with van der Waals surface area (Å²) < 4.78 is 38.0. The van der Waals surface area contributed by atoms with Crippen molar-refractivity contribution in [2.45, 2.75) is 31.9 Å². The van der Waals surface area contributed by atoms with Crippen LogP contribution in [0.5, 0.6) is 11.5 Å². The van der Waals surface area contributed by atoms with Crippen molar-refractivity contribution in [2.24, 2.45) is 0 Å². The van der Waals surface area contributed by atoms with E-state index in [2.05, 4.69) is 5.32 Å². The van der Waals surface area contributed by atoms with Gasteiger partial charge in [-0.15, -0.1) is 0 Å². The van der Waals surface area contributed by atoms with Crippen molar-refractivity contribution in [3.05, 3.63) is 66.2 Å². The molecule has 0 spiro atoms. The molecule has 0 saturated carbocycles. The van der Waals surface area contributed by atoms with E-state index in [1.54, 1.807) is 19.2 Å². The predicted molar refractivity (Wildman–Crippen MR) is 129 cm³/mol. The van der Waals surface area contributed by atoms with E-state index in [0.717, 1.165) is 26.9 Å². The van der Waals surface area contributed by atoms with Gasteiger partial charge in [0.2, 0.25) is 15.9 Å². The minimum atomic E-state index is -3.71. The molecule has 0 saturated heterocycles. The number of sulfonamides is 1. The highest BCUT2D eigenvalue weighted by molar-refractivity contribution is 7.92. The average molecular weight is 469 g/mol. The number of hydrogen-bond acceptors (Lipinski definition) is 5. The van der Waals surface area contributed by atoms with E-state index in [0.29, 0.717) is 23.6 Å². The molecule has 3 aromatic rings. The van der Waals surface area contributed by atoms with Gasteiger partial charge in [0.15, 0.2) is 0 Å². The second-order valence-corrected chi connectivity index (χ2v) is 10.8. The standard InChI is InChI=1S/C25H28N2O5S/c1-25(2)15-21(20-14-18(31-3)12-13-23(20)32-25)26-24(28)16-27(33(4,29)30)22-11-7-9-17-8-5-6-10-19(17)22/h5-14,21H,15-16H2,1-4H3,(H,26,28). The van der Waals surface area contributed by atoms with E-state index in [4.69, 9.17) is 9.47 Å². The monoisotopic (exact) mass is 468 g/mol. The van der Waals surface area contributed by atoms with Crippen molar-refractivity contribution in [1.82, 2.24) is 5.32 Å². The number of benzene rings is 3. The maximum absolute atomic E-state index is 13.2. The zero-order chi connectivity index (χ0) is 23.8. The lowest BCUT2D eigenvalue weighted by molar-refractivity contribution is -0.120. The predicted octanol–water partition coefficient (Wildman–Crippen LogP) is 4.03. The number of anilines is 1. The van der Waals surface area contributed by atoms with E-state index in [-0.39, 0.29) is 12.6 Å². The van der Waals surface area contributed by atoms with Crippen LogP contribution in [0.2, 0.25) is 0 Å². The number of nitrogens with zero attached hydrogens (tertiary/aromatic N) is 1. The summed E-state index contributed by atoms with van der Waals surface area (Å²) in [5.41, 5.74) is 0.782. The van der Waals surface area contributed by atoms with Crippen molar-refractivity contribution < 1.29 is 22.7 Å². The third-order valence-corrected chi connectivity index (χ3v) is 6.86. The number of fused-ring (bicyclic) bond motifs is 2. The van der Waals surface area contributed by atoms with Crippen molar-refractivity contribution in [1.29, 1.82) is 0 Å². The summed E-state index contributed by atoms with van der Waals surface area (Å²) in [7, 11) is -2.13. The fourth-order valence-corrected chi connectivity index (χ4v) is 5.13. The van der Waals surface area contributed by atoms with Gasteiger partial charge >= 0.3 is 0 Å². The van der Waals surface area contributed by atoms with Crippen molar-refractivity contribution in [3.63, 3.8) is 0 Å². The normalized spacial score (nSPS) is 17.0. The Labute approximate surface area is 194 Å². The molecule has 3 aromatic carbocycles. The Kier molecular flexibility index (Phi) is 5.97. The summed E-state index contributed by atoms with van der Waals surface area (Å²) in [6.45, 7) is 3.58. The molecule has 0 bridgehead atoms. The average Bonchev–Trinajstić information content (AvgIpc) is 2.75. The van der Waals surface area contributed by atoms with Gasteiger partial charge in [0.25, 0.3) is 0 Å². The van der Waals surface area contributed by atoms with Gasteiger partial charge in [-0.05, 0) is 43.5 Å². The smallest absolute Gasteiger partial charge is 0.241 e. The van der Waals surface area contributed by atoms with Gasteiger partial charge in [-0.25, -0.2) is 8.42 Å². The summed E-state index contributed by atoms with van der Waals surface area (Å²) in [5, 5.41) is 4.69. The Hall–Kier alpha value is -3.26. The zero-order valence-electron chi connectivity index (χ0n) is 19.2. The lowest BCUT2D eigenvalue weighted by Gasteiger charge is -2.38. The Morgan fingerprint density at radius 1 is 1.15 bits per heavy atom. The molecule has 33 heavy (non-hydrogen) atoms. The molecule has 1 aliphatic rings. The van der Waals surface area contributed by atoms with Gasteiger partial charge in [0.05, 0.1) is 25.1 Å². The molecule has 1 heterocycles. The highest BCUT2D eigenvalue weighted by atomic mass is 32.2. The van der Waals surface area contributed by atoms with E-state index >= 15 is 0 Å². The molecule has 1 aliphatic heterocycles. The van der Waals surface area contributed by atoms with Crippen LogP contribution in [0.1, 0.15) is 31.9 Å². The highest BCUT2D eigenvalue weighted by Gasteiger charge is 2.35. The molecule has 4 rings (SSSR count). The molecule has 174 valence electrons. The number of carbonyl (C=O) groups is 1. The molecular formula is C25H28N2O5S. The number of amides is 1. The lowest BCUT2D eigenvalue weighted by Crippen LogP contribution is -2.45. The molecule has 8 heteroatoms. The Morgan fingerprint density at radius 3 is 2.61 bits per heavy atom. The molecule has 1 atom stereocenters. The minimum absolute atomic E-state index is 0.329. The van der Waals surface area contributed by atoms with Crippen molar-refractivity contribution in [2.75, 3.05) is 24.2 Å². The Bertz CT molecular complexity index is 1300. The number of methoxy groups -OCH3 is 1. The molecule has 1 amide bonds. The third kappa shape index (κ3) is 4.90. The molecule has 0 aromatic heterocycles. The second-order valence-electron chi connectivity index (χ2n) is 8.86. The topological polar surface area (TPSA) is 84.9 Å². The first kappa shape index (κ1) is 22.9. The van der Waals surface area contributed by atoms with Crippen LogP contribution in [0.15, 0.2) is 60.7 Å². The van der Waals surface area contributed by atoms with Crippen LogP contribution < -0.4 is 19.1 Å². The van der Waals surface area contributed by atoms with Crippen LogP contribution in [0.25, 0.3) is 10.8 Å². The van der Waals surface area contributed by atoms with E-state index in [9.17, 15) is 13.2 Å². The second kappa shape index (κ2) is 8.59. The first-order chi connectivity index (χ1) is 15.6. The molecule has 7 nitrogen and oxygen atoms in total. The van der Waals surface area contributed by atoms with Gasteiger partial charge < -0.3 is 14.8 Å².